The van der Waals surface area contributed by atoms with Crippen molar-refractivity contribution in [3.05, 3.63) is 53.6 Å². The lowest BCUT2D eigenvalue weighted by Crippen LogP contribution is -2.61. The molecule has 2 heterocycles. The predicted octanol–water partition coefficient (Wildman–Crippen LogP) is -1.20. The summed E-state index contributed by atoms with van der Waals surface area (Å²) in [5.74, 6) is -0.916. The first-order chi connectivity index (χ1) is 19.6. The van der Waals surface area contributed by atoms with Gasteiger partial charge in [-0.3, -0.25) is 0 Å². The average Bonchev–Trinajstić information content (AvgIpc) is 3.25. The fourth-order valence-electron chi connectivity index (χ4n) is 4.42. The zero-order valence-corrected chi connectivity index (χ0v) is 22.1. The molecular formula is C27H34O14. The Morgan fingerprint density at radius 3 is 2.46 bits per heavy atom. The van der Waals surface area contributed by atoms with Crippen LogP contribution < -0.4 is 4.74 Å². The molecule has 2 aromatic carbocycles. The Morgan fingerprint density at radius 2 is 1.78 bits per heavy atom. The minimum atomic E-state index is -2.09. The van der Waals surface area contributed by atoms with E-state index < -0.39 is 74.5 Å². The summed E-state index contributed by atoms with van der Waals surface area (Å²) in [7, 11) is 1.31. The second-order valence-electron chi connectivity index (χ2n) is 9.79. The summed E-state index contributed by atoms with van der Waals surface area (Å²) in [5, 5.41) is 71.5. The van der Waals surface area contributed by atoms with Gasteiger partial charge in [0.25, 0.3) is 0 Å². The Bertz CT molecular complexity index is 1160. The maximum Gasteiger partial charge on any atom is 0.338 e. The van der Waals surface area contributed by atoms with Gasteiger partial charge in [-0.05, 0) is 42.3 Å². The number of aliphatic hydroxyl groups excluding tert-OH is 4. The number of hydrogen-bond acceptors (Lipinski definition) is 14. The highest BCUT2D eigenvalue weighted by Gasteiger charge is 2.54. The summed E-state index contributed by atoms with van der Waals surface area (Å²) in [6.45, 7) is -1.76. The van der Waals surface area contributed by atoms with Gasteiger partial charge in [0.1, 0.15) is 42.9 Å². The van der Waals surface area contributed by atoms with E-state index in [2.05, 4.69) is 0 Å². The zero-order chi connectivity index (χ0) is 29.7. The summed E-state index contributed by atoms with van der Waals surface area (Å²) < 4.78 is 32.6. The first-order valence-electron chi connectivity index (χ1n) is 12.8. The molecule has 0 radical (unpaired) electrons. The Labute approximate surface area is 234 Å². The minimum Gasteiger partial charge on any atom is -0.508 e. The number of esters is 1. The van der Waals surface area contributed by atoms with Crippen molar-refractivity contribution in [2.45, 2.75) is 55.1 Å². The highest BCUT2D eigenvalue weighted by molar-refractivity contribution is 5.90. The van der Waals surface area contributed by atoms with Gasteiger partial charge in [0, 0.05) is 0 Å². The predicted molar refractivity (Wildman–Crippen MR) is 136 cm³/mol. The van der Waals surface area contributed by atoms with Gasteiger partial charge in [-0.25, -0.2) is 4.79 Å². The molecule has 0 bridgehead atoms. The quantitative estimate of drug-likeness (QED) is 0.155. The van der Waals surface area contributed by atoms with Gasteiger partial charge in [-0.1, -0.05) is 12.1 Å². The molecule has 14 nitrogen and oxygen atoms in total. The molecule has 2 aliphatic heterocycles. The van der Waals surface area contributed by atoms with Crippen LogP contribution in [0.4, 0.5) is 0 Å². The minimum absolute atomic E-state index is 0.0200. The standard InChI is InChI=1S/C27H34O14/c1-36-18-10-15(4-7-17(18)30)24(34)38-12-27(35)13-39-26(23(27)33)41-22-21(32)20(31)19(11-28)40-25(22)37-9-8-14-2-5-16(29)6-3-14/h2-7,10,19-23,25-26,28-33,35H,8-9,11-13H2,1H3/t19-,20-,21+,22-,23+,25-,26+,27+/m1/s1. The average molecular weight is 583 g/mol. The van der Waals surface area contributed by atoms with E-state index >= 15 is 0 Å². The van der Waals surface area contributed by atoms with E-state index in [-0.39, 0.29) is 29.4 Å². The van der Waals surface area contributed by atoms with Crippen LogP contribution in [0.3, 0.4) is 0 Å². The first-order valence-corrected chi connectivity index (χ1v) is 12.8. The molecule has 8 atom stereocenters. The molecule has 2 saturated heterocycles. The molecule has 2 aliphatic rings. The monoisotopic (exact) mass is 582 g/mol. The maximum absolute atomic E-state index is 12.5. The maximum atomic E-state index is 12.5. The molecule has 0 aliphatic carbocycles. The van der Waals surface area contributed by atoms with Crippen LogP contribution in [0.25, 0.3) is 0 Å². The van der Waals surface area contributed by atoms with Gasteiger partial charge < -0.3 is 64.2 Å². The van der Waals surface area contributed by atoms with Gasteiger partial charge in [-0.2, -0.15) is 0 Å². The van der Waals surface area contributed by atoms with E-state index in [0.29, 0.717) is 6.42 Å². The number of aromatic hydroxyl groups is 2. The molecule has 7 N–H and O–H groups in total. The third kappa shape index (κ3) is 7.06. The van der Waals surface area contributed by atoms with E-state index in [4.69, 9.17) is 28.4 Å². The van der Waals surface area contributed by atoms with Gasteiger partial charge >= 0.3 is 5.97 Å². The van der Waals surface area contributed by atoms with Crippen LogP contribution in [0.2, 0.25) is 0 Å². The normalized spacial score (nSPS) is 31.6. The van der Waals surface area contributed by atoms with E-state index in [1.54, 1.807) is 12.1 Å². The molecular weight excluding hydrogens is 548 g/mol. The molecule has 2 fully saturated rings. The van der Waals surface area contributed by atoms with Crippen molar-refractivity contribution < 1.29 is 69.0 Å². The van der Waals surface area contributed by atoms with Crippen LogP contribution in [0.1, 0.15) is 15.9 Å². The van der Waals surface area contributed by atoms with Crippen molar-refractivity contribution in [3.63, 3.8) is 0 Å². The number of hydrogen-bond donors (Lipinski definition) is 7. The fourth-order valence-corrected chi connectivity index (χ4v) is 4.42. The van der Waals surface area contributed by atoms with Crippen molar-refractivity contribution in [1.29, 1.82) is 0 Å². The lowest BCUT2D eigenvalue weighted by atomic mass is 9.98. The Morgan fingerprint density at radius 1 is 1.05 bits per heavy atom. The molecule has 0 amide bonds. The second kappa shape index (κ2) is 13.3. The number of carbonyl (C=O) groups excluding carboxylic acids is 1. The molecule has 0 unspecified atom stereocenters. The summed E-state index contributed by atoms with van der Waals surface area (Å²) in [5.41, 5.74) is -1.24. The van der Waals surface area contributed by atoms with Crippen LogP contribution in [0.15, 0.2) is 42.5 Å². The van der Waals surface area contributed by atoms with Crippen LogP contribution in [0, 0.1) is 0 Å². The zero-order valence-electron chi connectivity index (χ0n) is 22.1. The number of aliphatic hydroxyl groups is 5. The number of methoxy groups -OCH3 is 1. The highest BCUT2D eigenvalue weighted by atomic mass is 16.8. The SMILES string of the molecule is COc1cc(C(=O)OC[C@]2(O)CO[C@@H](O[C@H]3[C@H](OCCc4ccc(O)cc4)O[C@H](CO)[C@@H](O)[C@@H]3O)[C@@H]2O)ccc1O. The molecule has 0 saturated carbocycles. The van der Waals surface area contributed by atoms with Gasteiger partial charge in [-0.15, -0.1) is 0 Å². The van der Waals surface area contributed by atoms with Crippen LogP contribution in [-0.4, -0.2) is 124 Å². The lowest BCUT2D eigenvalue weighted by Gasteiger charge is -2.42. The first kappa shape index (κ1) is 30.9. The van der Waals surface area contributed by atoms with E-state index in [0.717, 1.165) is 5.56 Å². The summed E-state index contributed by atoms with van der Waals surface area (Å²) in [4.78, 5) is 12.5. The molecule has 0 aromatic heterocycles. The van der Waals surface area contributed by atoms with Crippen molar-refractivity contribution in [2.75, 3.05) is 33.5 Å². The molecule has 226 valence electrons. The highest BCUT2D eigenvalue weighted by Crippen LogP contribution is 2.32. The second-order valence-corrected chi connectivity index (χ2v) is 9.79. The number of phenolic OH excluding ortho intramolecular Hbond substituents is 2. The van der Waals surface area contributed by atoms with Crippen LogP contribution in [-0.2, 0) is 30.1 Å². The molecule has 41 heavy (non-hydrogen) atoms. The van der Waals surface area contributed by atoms with Gasteiger partial charge in [0.2, 0.25) is 0 Å². The van der Waals surface area contributed by atoms with Gasteiger partial charge in [0.15, 0.2) is 29.7 Å². The molecule has 14 heteroatoms. The topological polar surface area (TPSA) is 214 Å². The Hall–Kier alpha value is -3.05. The molecule has 4 rings (SSSR count). The smallest absolute Gasteiger partial charge is 0.338 e. The summed E-state index contributed by atoms with van der Waals surface area (Å²) in [6.07, 6.45) is -10.0. The summed E-state index contributed by atoms with van der Waals surface area (Å²) in [6, 6.07) is 10.2. The third-order valence-electron chi connectivity index (χ3n) is 6.90. The van der Waals surface area contributed by atoms with Gasteiger partial charge in [0.05, 0.1) is 32.5 Å². The largest absolute Gasteiger partial charge is 0.508 e. The number of phenols is 2. The van der Waals surface area contributed by atoms with Crippen LogP contribution >= 0.6 is 0 Å². The molecule has 2 aromatic rings. The molecule has 0 spiro atoms. The van der Waals surface area contributed by atoms with E-state index in [9.17, 15) is 40.5 Å². The third-order valence-corrected chi connectivity index (χ3v) is 6.90. The van der Waals surface area contributed by atoms with E-state index in [1.165, 1.54) is 37.4 Å². The lowest BCUT2D eigenvalue weighted by molar-refractivity contribution is -0.335. The van der Waals surface area contributed by atoms with Crippen molar-refractivity contribution in [1.82, 2.24) is 0 Å². The number of carbonyl (C=O) groups is 1. The fraction of sp³-hybridized carbons (Fsp3) is 0.519. The Kier molecular flexibility index (Phi) is 10.0. The van der Waals surface area contributed by atoms with Crippen molar-refractivity contribution >= 4 is 5.97 Å². The van der Waals surface area contributed by atoms with Crippen molar-refractivity contribution in [3.8, 4) is 17.2 Å². The van der Waals surface area contributed by atoms with Crippen LogP contribution in [0.5, 0.6) is 17.2 Å². The van der Waals surface area contributed by atoms with E-state index in [1.807, 2.05) is 0 Å². The number of ether oxygens (including phenoxy) is 6. The summed E-state index contributed by atoms with van der Waals surface area (Å²) >= 11 is 0. The number of rotatable bonds is 11. The number of benzene rings is 2. The Balaban J connectivity index is 1.38. The van der Waals surface area contributed by atoms with Crippen molar-refractivity contribution in [2.24, 2.45) is 0 Å².